The van der Waals surface area contributed by atoms with E-state index in [9.17, 15) is 13.6 Å². The zero-order valence-electron chi connectivity index (χ0n) is 8.05. The van der Waals surface area contributed by atoms with E-state index in [4.69, 9.17) is 28.3 Å². The van der Waals surface area contributed by atoms with E-state index in [0.717, 1.165) is 6.07 Å². The number of alkyl halides is 2. The summed E-state index contributed by atoms with van der Waals surface area (Å²) < 4.78 is 24.6. The van der Waals surface area contributed by atoms with Gasteiger partial charge in [-0.2, -0.15) is 0 Å². The lowest BCUT2D eigenvalue weighted by Gasteiger charge is -2.03. The van der Waals surface area contributed by atoms with Gasteiger partial charge in [-0.05, 0) is 33.6 Å². The highest BCUT2D eigenvalue weighted by molar-refractivity contribution is 9.10. The van der Waals surface area contributed by atoms with Gasteiger partial charge in [0.1, 0.15) is 4.33 Å². The molecule has 1 saturated carbocycles. The van der Waals surface area contributed by atoms with Crippen molar-refractivity contribution in [3.8, 4) is 0 Å². The summed E-state index contributed by atoms with van der Waals surface area (Å²) >= 11 is 14.4. The third-order valence-electron chi connectivity index (χ3n) is 2.68. The molecule has 0 aliphatic heterocycles. The monoisotopic (exact) mass is 344 g/mol. The number of hydrogen-bond donors (Lipinski definition) is 1. The van der Waals surface area contributed by atoms with E-state index in [-0.39, 0.29) is 10.0 Å². The Morgan fingerprint density at radius 3 is 2.41 bits per heavy atom. The molecule has 0 aromatic heterocycles. The topological polar surface area (TPSA) is 37.3 Å². The number of hydrogen-bond acceptors (Lipinski definition) is 1. The van der Waals surface area contributed by atoms with Crippen molar-refractivity contribution in [2.24, 2.45) is 5.92 Å². The van der Waals surface area contributed by atoms with Crippen LogP contribution in [0.3, 0.4) is 0 Å². The number of carboxylic acids is 1. The first-order valence-corrected chi connectivity index (χ1v) is 6.06. The van der Waals surface area contributed by atoms with Gasteiger partial charge in [0.15, 0.2) is 11.6 Å². The summed E-state index contributed by atoms with van der Waals surface area (Å²) in [6, 6.07) is 2.19. The molecule has 0 bridgehead atoms. The SMILES string of the molecule is O=C(O)[C@H]1[C@H](c2cc(F)c(F)c(Br)c2)C1(Cl)Cl. The Balaban J connectivity index is 2.41. The van der Waals surface area contributed by atoms with Gasteiger partial charge in [0.25, 0.3) is 0 Å². The zero-order valence-corrected chi connectivity index (χ0v) is 11.2. The Kier molecular flexibility index (Phi) is 3.13. The molecule has 0 heterocycles. The Bertz CT molecular complexity index is 484. The highest BCUT2D eigenvalue weighted by Gasteiger charge is 2.68. The Hall–Kier alpha value is -0.390. The minimum atomic E-state index is -1.48. The Morgan fingerprint density at radius 1 is 1.41 bits per heavy atom. The van der Waals surface area contributed by atoms with E-state index in [1.165, 1.54) is 6.07 Å². The van der Waals surface area contributed by atoms with Crippen molar-refractivity contribution in [3.63, 3.8) is 0 Å². The van der Waals surface area contributed by atoms with Crippen LogP contribution < -0.4 is 0 Å². The molecule has 2 rings (SSSR count). The standard InChI is InChI=1S/C10H5BrCl2F2O2/c11-4-1-3(2-5(14)8(4)15)6-7(9(16)17)10(6,12)13/h1-2,6-7H,(H,16,17)/t6-,7+/m0/s1. The van der Waals surface area contributed by atoms with Gasteiger partial charge in [0.2, 0.25) is 0 Å². The van der Waals surface area contributed by atoms with Crippen LogP contribution in [0.2, 0.25) is 0 Å². The van der Waals surface area contributed by atoms with Gasteiger partial charge in [0, 0.05) is 5.92 Å². The lowest BCUT2D eigenvalue weighted by atomic mass is 10.1. The van der Waals surface area contributed by atoms with Gasteiger partial charge in [-0.3, -0.25) is 4.79 Å². The minimum Gasteiger partial charge on any atom is -0.481 e. The first kappa shape index (κ1) is 13.1. The fraction of sp³-hybridized carbons (Fsp3) is 0.300. The van der Waals surface area contributed by atoms with Crippen molar-refractivity contribution < 1.29 is 18.7 Å². The van der Waals surface area contributed by atoms with Crippen molar-refractivity contribution in [1.82, 2.24) is 0 Å². The molecule has 1 aliphatic rings. The molecule has 0 spiro atoms. The van der Waals surface area contributed by atoms with E-state index in [2.05, 4.69) is 15.9 Å². The van der Waals surface area contributed by atoms with E-state index in [1.807, 2.05) is 0 Å². The number of rotatable bonds is 2. The summed E-state index contributed by atoms with van der Waals surface area (Å²) in [5.41, 5.74) is 0.258. The molecule has 1 N–H and O–H groups in total. The molecule has 1 fully saturated rings. The van der Waals surface area contributed by atoms with Crippen molar-refractivity contribution in [2.75, 3.05) is 0 Å². The summed E-state index contributed by atoms with van der Waals surface area (Å²) in [5, 5.41) is 8.87. The van der Waals surface area contributed by atoms with Crippen molar-refractivity contribution in [3.05, 3.63) is 33.8 Å². The van der Waals surface area contributed by atoms with Gasteiger partial charge in [-0.1, -0.05) is 23.2 Å². The molecular formula is C10H5BrCl2F2O2. The molecule has 1 aliphatic carbocycles. The molecule has 7 heteroatoms. The molecule has 0 amide bonds. The molecule has 2 atom stereocenters. The summed E-state index contributed by atoms with van der Waals surface area (Å²) in [7, 11) is 0. The Labute approximate surface area is 114 Å². The maximum atomic E-state index is 13.2. The summed E-state index contributed by atoms with van der Waals surface area (Å²) in [5.74, 6) is -5.02. The van der Waals surface area contributed by atoms with Gasteiger partial charge in [-0.15, -0.1) is 0 Å². The Morgan fingerprint density at radius 2 is 2.00 bits per heavy atom. The molecule has 2 nitrogen and oxygen atoms in total. The summed E-state index contributed by atoms with van der Waals surface area (Å²) in [6.07, 6.45) is 0. The quantitative estimate of drug-likeness (QED) is 0.655. The fourth-order valence-electron chi connectivity index (χ4n) is 1.80. The average molecular weight is 346 g/mol. The number of carbonyl (C=O) groups is 1. The van der Waals surface area contributed by atoms with Crippen molar-refractivity contribution in [1.29, 1.82) is 0 Å². The summed E-state index contributed by atoms with van der Waals surface area (Å²) in [4.78, 5) is 10.8. The highest BCUT2D eigenvalue weighted by Crippen LogP contribution is 2.65. The average Bonchev–Trinajstić information content (AvgIpc) is 2.77. The second kappa shape index (κ2) is 4.07. The van der Waals surface area contributed by atoms with Crippen LogP contribution in [0.1, 0.15) is 11.5 Å². The molecule has 1 aromatic carbocycles. The van der Waals surface area contributed by atoms with E-state index in [0.29, 0.717) is 0 Å². The van der Waals surface area contributed by atoms with Crippen LogP contribution in [-0.4, -0.2) is 15.4 Å². The molecule has 1 aromatic rings. The number of benzene rings is 1. The van der Waals surface area contributed by atoms with Crippen LogP contribution in [0.15, 0.2) is 16.6 Å². The van der Waals surface area contributed by atoms with Crippen LogP contribution >= 0.6 is 39.1 Å². The maximum Gasteiger partial charge on any atom is 0.310 e. The molecule has 17 heavy (non-hydrogen) atoms. The van der Waals surface area contributed by atoms with Gasteiger partial charge in [0.05, 0.1) is 10.4 Å². The van der Waals surface area contributed by atoms with E-state index < -0.39 is 33.8 Å². The third-order valence-corrected chi connectivity index (χ3v) is 4.20. The molecule has 92 valence electrons. The molecule has 0 saturated heterocycles. The van der Waals surface area contributed by atoms with Crippen LogP contribution in [0.25, 0.3) is 0 Å². The predicted molar refractivity (Wildman–Crippen MR) is 62.4 cm³/mol. The number of aliphatic carboxylic acids is 1. The van der Waals surface area contributed by atoms with Crippen LogP contribution in [-0.2, 0) is 4.79 Å². The number of halogens is 5. The van der Waals surface area contributed by atoms with Gasteiger partial charge >= 0.3 is 5.97 Å². The maximum absolute atomic E-state index is 13.2. The van der Waals surface area contributed by atoms with Crippen LogP contribution in [0, 0.1) is 17.6 Å². The predicted octanol–water partition coefficient (Wildman–Crippen LogP) is 3.70. The van der Waals surface area contributed by atoms with Crippen molar-refractivity contribution >= 4 is 45.1 Å². The zero-order chi connectivity index (χ0) is 13.0. The lowest BCUT2D eigenvalue weighted by Crippen LogP contribution is -2.03. The second-order valence-electron chi connectivity index (χ2n) is 3.77. The summed E-state index contributed by atoms with van der Waals surface area (Å²) in [6.45, 7) is 0. The van der Waals surface area contributed by atoms with Crippen LogP contribution in [0.5, 0.6) is 0 Å². The van der Waals surface area contributed by atoms with E-state index >= 15 is 0 Å². The first-order valence-electron chi connectivity index (χ1n) is 4.52. The lowest BCUT2D eigenvalue weighted by molar-refractivity contribution is -0.138. The molecular weight excluding hydrogens is 341 g/mol. The van der Waals surface area contributed by atoms with E-state index in [1.54, 1.807) is 0 Å². The second-order valence-corrected chi connectivity index (χ2v) is 6.07. The van der Waals surface area contributed by atoms with Gasteiger partial charge < -0.3 is 5.11 Å². The minimum absolute atomic E-state index is 0.0901. The normalized spacial score (nSPS) is 25.7. The van der Waals surface area contributed by atoms with Gasteiger partial charge in [-0.25, -0.2) is 8.78 Å². The molecule has 0 unspecified atom stereocenters. The third kappa shape index (κ3) is 2.04. The van der Waals surface area contributed by atoms with Crippen LogP contribution in [0.4, 0.5) is 8.78 Å². The first-order chi connectivity index (χ1) is 7.76. The fourth-order valence-corrected chi connectivity index (χ4v) is 3.07. The molecule has 0 radical (unpaired) electrons. The smallest absolute Gasteiger partial charge is 0.310 e. The largest absolute Gasteiger partial charge is 0.481 e. The number of carboxylic acid groups (broad SMARTS) is 1. The highest BCUT2D eigenvalue weighted by atomic mass is 79.9. The van der Waals surface area contributed by atoms with Crippen molar-refractivity contribution in [2.45, 2.75) is 10.3 Å².